The fourth-order valence-corrected chi connectivity index (χ4v) is 4.46. The predicted molar refractivity (Wildman–Crippen MR) is 115 cm³/mol. The van der Waals surface area contributed by atoms with Crippen LogP contribution in [0.2, 0.25) is 0 Å². The molecule has 30 heavy (non-hydrogen) atoms. The van der Waals surface area contributed by atoms with E-state index >= 15 is 0 Å². The van der Waals surface area contributed by atoms with Gasteiger partial charge in [0.1, 0.15) is 12.2 Å². The highest BCUT2D eigenvalue weighted by Gasteiger charge is 2.36. The molecular weight excluding hydrogens is 380 g/mol. The molecule has 4 rings (SSSR count). The first-order valence-electron chi connectivity index (χ1n) is 10.9. The van der Waals surface area contributed by atoms with E-state index in [0.717, 1.165) is 32.4 Å². The average Bonchev–Trinajstić information content (AvgIpc) is 2.72. The van der Waals surface area contributed by atoms with Gasteiger partial charge < -0.3 is 19.1 Å². The van der Waals surface area contributed by atoms with Crippen LogP contribution >= 0.6 is 0 Å². The van der Waals surface area contributed by atoms with E-state index in [1.165, 1.54) is 0 Å². The highest BCUT2D eigenvalue weighted by Crippen LogP contribution is 2.34. The molecule has 3 aliphatic heterocycles. The number of hydrogen-bond acceptors (Lipinski definition) is 5. The summed E-state index contributed by atoms with van der Waals surface area (Å²) in [5.41, 5.74) is -0.451. The number of rotatable bonds is 2. The molecule has 0 aliphatic carbocycles. The Hall–Kier alpha value is -2.23. The minimum absolute atomic E-state index is 0.000542. The molecule has 2 unspecified atom stereocenters. The van der Waals surface area contributed by atoms with Gasteiger partial charge in [-0.05, 0) is 52.2 Å². The summed E-state index contributed by atoms with van der Waals surface area (Å²) in [6.45, 7) is 10.3. The van der Waals surface area contributed by atoms with Crippen LogP contribution in [0.15, 0.2) is 24.3 Å². The van der Waals surface area contributed by atoms with Crippen molar-refractivity contribution in [1.29, 1.82) is 0 Å². The summed E-state index contributed by atoms with van der Waals surface area (Å²) >= 11 is 0. The fraction of sp³-hybridized carbons (Fsp3) is 0.625. The van der Waals surface area contributed by atoms with Crippen molar-refractivity contribution < 1.29 is 19.0 Å². The van der Waals surface area contributed by atoms with E-state index in [1.54, 1.807) is 0 Å². The van der Waals surface area contributed by atoms with Crippen molar-refractivity contribution in [2.45, 2.75) is 57.3 Å². The molecule has 3 heterocycles. The summed E-state index contributed by atoms with van der Waals surface area (Å²) in [7, 11) is 0. The molecule has 6 heteroatoms. The molecular formula is C24H32N2O4. The number of amides is 1. The van der Waals surface area contributed by atoms with Gasteiger partial charge in [0.15, 0.2) is 11.5 Å². The third-order valence-electron chi connectivity index (χ3n) is 6.06. The second-order valence-corrected chi connectivity index (χ2v) is 9.21. The average molecular weight is 413 g/mol. The van der Waals surface area contributed by atoms with Crippen molar-refractivity contribution >= 4 is 5.91 Å². The monoisotopic (exact) mass is 412 g/mol. The lowest BCUT2D eigenvalue weighted by molar-refractivity contribution is -0.142. The summed E-state index contributed by atoms with van der Waals surface area (Å²) in [5, 5.41) is 0. The van der Waals surface area contributed by atoms with E-state index in [4.69, 9.17) is 14.2 Å². The number of nitrogens with zero attached hydrogens (tertiary/aromatic N) is 2. The molecule has 6 nitrogen and oxygen atoms in total. The van der Waals surface area contributed by atoms with Gasteiger partial charge in [0, 0.05) is 26.2 Å². The maximum absolute atomic E-state index is 12.9. The van der Waals surface area contributed by atoms with Gasteiger partial charge in [0.2, 0.25) is 6.10 Å². The van der Waals surface area contributed by atoms with Gasteiger partial charge in [0.25, 0.3) is 5.91 Å². The molecule has 2 saturated heterocycles. The van der Waals surface area contributed by atoms with Crippen LogP contribution in [0, 0.1) is 11.8 Å². The molecule has 0 bridgehead atoms. The van der Waals surface area contributed by atoms with Crippen LogP contribution in [-0.4, -0.2) is 72.3 Å². The molecule has 1 amide bonds. The van der Waals surface area contributed by atoms with Crippen LogP contribution in [0.5, 0.6) is 11.5 Å². The van der Waals surface area contributed by atoms with Gasteiger partial charge in [-0.2, -0.15) is 0 Å². The Bertz CT molecular complexity index is 835. The molecule has 0 spiro atoms. The van der Waals surface area contributed by atoms with Gasteiger partial charge in [-0.1, -0.05) is 24.0 Å². The molecule has 1 aromatic carbocycles. The first-order valence-corrected chi connectivity index (χ1v) is 10.9. The molecule has 2 fully saturated rings. The maximum Gasteiger partial charge on any atom is 0.267 e. The van der Waals surface area contributed by atoms with E-state index in [9.17, 15) is 4.79 Å². The van der Waals surface area contributed by atoms with E-state index in [1.807, 2.05) is 29.2 Å². The lowest BCUT2D eigenvalue weighted by Gasteiger charge is -2.40. The van der Waals surface area contributed by atoms with Crippen molar-refractivity contribution in [2.24, 2.45) is 0 Å². The van der Waals surface area contributed by atoms with Gasteiger partial charge in [-0.3, -0.25) is 9.69 Å². The van der Waals surface area contributed by atoms with E-state index < -0.39 is 6.10 Å². The van der Waals surface area contributed by atoms with Crippen LogP contribution in [-0.2, 0) is 9.53 Å². The zero-order valence-electron chi connectivity index (χ0n) is 18.3. The number of piperazine rings is 1. The summed E-state index contributed by atoms with van der Waals surface area (Å²) in [6.07, 6.45) is 2.65. The van der Waals surface area contributed by atoms with Crippen molar-refractivity contribution in [1.82, 2.24) is 9.80 Å². The highest BCUT2D eigenvalue weighted by atomic mass is 16.6. The van der Waals surface area contributed by atoms with Crippen molar-refractivity contribution in [3.05, 3.63) is 24.3 Å². The Morgan fingerprint density at radius 1 is 1.10 bits per heavy atom. The fourth-order valence-electron chi connectivity index (χ4n) is 4.46. The Labute approximate surface area is 179 Å². The van der Waals surface area contributed by atoms with Crippen LogP contribution in [0.3, 0.4) is 0 Å². The Balaban J connectivity index is 1.25. The van der Waals surface area contributed by atoms with Crippen LogP contribution in [0.25, 0.3) is 0 Å². The van der Waals surface area contributed by atoms with E-state index in [-0.39, 0.29) is 23.7 Å². The van der Waals surface area contributed by atoms with Crippen LogP contribution in [0.1, 0.15) is 40.0 Å². The maximum atomic E-state index is 12.9. The first kappa shape index (κ1) is 21.0. The number of ether oxygens (including phenoxy) is 3. The molecule has 3 aliphatic rings. The van der Waals surface area contributed by atoms with Crippen LogP contribution in [0.4, 0.5) is 0 Å². The normalized spacial score (nSPS) is 28.4. The molecule has 162 valence electrons. The second-order valence-electron chi connectivity index (χ2n) is 9.21. The summed E-state index contributed by atoms with van der Waals surface area (Å²) in [6, 6.07) is 7.47. The summed E-state index contributed by atoms with van der Waals surface area (Å²) < 4.78 is 17.8. The Kier molecular flexibility index (Phi) is 5.95. The largest absolute Gasteiger partial charge is 0.485 e. The highest BCUT2D eigenvalue weighted by molar-refractivity contribution is 5.82. The molecule has 1 aromatic rings. The predicted octanol–water partition coefficient (Wildman–Crippen LogP) is 2.71. The first-order chi connectivity index (χ1) is 14.3. The number of fused-ring (bicyclic) bond motifs is 1. The third kappa shape index (κ3) is 4.91. The number of hydrogen-bond donors (Lipinski definition) is 0. The molecule has 0 aromatic heterocycles. The lowest BCUT2D eigenvalue weighted by atomic mass is 9.88. The minimum Gasteiger partial charge on any atom is -0.485 e. The molecule has 0 N–H and O–H groups in total. The third-order valence-corrected chi connectivity index (χ3v) is 6.06. The smallest absolute Gasteiger partial charge is 0.267 e. The zero-order chi connectivity index (χ0) is 21.2. The Morgan fingerprint density at radius 2 is 1.83 bits per heavy atom. The van der Waals surface area contributed by atoms with Crippen molar-refractivity contribution in [2.75, 3.05) is 39.3 Å². The SMILES string of the molecule is CC1(C)CCCC(C)(C#CCN2CCN(C(=O)C3COc4ccccc4O3)CC2)O1. The summed E-state index contributed by atoms with van der Waals surface area (Å²) in [5.74, 6) is 8.02. The van der Waals surface area contributed by atoms with E-state index in [0.29, 0.717) is 31.1 Å². The Morgan fingerprint density at radius 3 is 2.57 bits per heavy atom. The lowest BCUT2D eigenvalue weighted by Crippen LogP contribution is -2.54. The van der Waals surface area contributed by atoms with Crippen molar-refractivity contribution in [3.8, 4) is 23.3 Å². The molecule has 0 saturated carbocycles. The van der Waals surface area contributed by atoms with Gasteiger partial charge in [0.05, 0.1) is 12.1 Å². The number of carbonyl (C=O) groups is 1. The van der Waals surface area contributed by atoms with Crippen molar-refractivity contribution in [3.63, 3.8) is 0 Å². The standard InChI is InChI=1S/C24H32N2O4/c1-23(2)10-6-11-24(3,30-23)12-7-13-25-14-16-26(17-15-25)22(27)21-18-28-19-8-4-5-9-20(19)29-21/h4-5,8-9,21H,6,10-11,13-18H2,1-3H3. The van der Waals surface area contributed by atoms with Gasteiger partial charge in [-0.25, -0.2) is 0 Å². The number of para-hydroxylation sites is 2. The summed E-state index contributed by atoms with van der Waals surface area (Å²) in [4.78, 5) is 17.0. The van der Waals surface area contributed by atoms with Crippen LogP contribution < -0.4 is 9.47 Å². The van der Waals surface area contributed by atoms with Gasteiger partial charge in [-0.15, -0.1) is 0 Å². The van der Waals surface area contributed by atoms with E-state index in [2.05, 4.69) is 37.5 Å². The molecule has 2 atom stereocenters. The number of benzene rings is 1. The topological polar surface area (TPSA) is 51.2 Å². The number of carbonyl (C=O) groups excluding carboxylic acids is 1. The quantitative estimate of drug-likeness (QED) is 0.699. The van der Waals surface area contributed by atoms with Gasteiger partial charge >= 0.3 is 0 Å². The zero-order valence-corrected chi connectivity index (χ0v) is 18.3. The second kappa shape index (κ2) is 8.49. The minimum atomic E-state index is -0.571. The molecule has 0 radical (unpaired) electrons.